The van der Waals surface area contributed by atoms with Gasteiger partial charge in [0.25, 0.3) is 0 Å². The van der Waals surface area contributed by atoms with E-state index in [2.05, 4.69) is 20.3 Å². The largest absolute Gasteiger partial charge is 0.443 e. The molecule has 15 heteroatoms. The van der Waals surface area contributed by atoms with Crippen LogP contribution in [-0.4, -0.2) is 72.6 Å². The minimum absolute atomic E-state index is 0.0197. The number of aliphatic hydroxyl groups excluding tert-OH is 2. The van der Waals surface area contributed by atoms with Crippen molar-refractivity contribution in [2.75, 3.05) is 13.7 Å². The Labute approximate surface area is 222 Å². The summed E-state index contributed by atoms with van der Waals surface area (Å²) in [5, 5.41) is 29.2. The molecule has 5 rings (SSSR count). The van der Waals surface area contributed by atoms with Gasteiger partial charge in [-0.1, -0.05) is 28.6 Å². The van der Waals surface area contributed by atoms with Gasteiger partial charge in [0.15, 0.2) is 17.5 Å². The maximum absolute atomic E-state index is 13.8. The summed E-state index contributed by atoms with van der Waals surface area (Å²) in [4.78, 5) is 8.96. The lowest BCUT2D eigenvalue weighted by Gasteiger charge is -2.43. The van der Waals surface area contributed by atoms with E-state index in [1.54, 1.807) is 6.07 Å². The van der Waals surface area contributed by atoms with Gasteiger partial charge in [0, 0.05) is 23.8 Å². The number of nitrogens with zero attached hydrogens (tertiary/aromatic N) is 5. The monoisotopic (exact) mass is 569 g/mol. The minimum atomic E-state index is -1.61. The number of oxazole rings is 1. The topological polar surface area (TPSA) is 129 Å². The van der Waals surface area contributed by atoms with Crippen molar-refractivity contribution < 1.29 is 37.3 Å². The third kappa shape index (κ3) is 5.02. The second-order valence-electron chi connectivity index (χ2n) is 8.20. The van der Waals surface area contributed by atoms with Crippen LogP contribution in [0.2, 0.25) is 5.02 Å². The van der Waals surface area contributed by atoms with E-state index in [1.165, 1.54) is 36.6 Å². The Hall–Kier alpha value is -3.01. The zero-order valence-electron chi connectivity index (χ0n) is 19.4. The predicted molar refractivity (Wildman–Crippen MR) is 128 cm³/mol. The number of aliphatic hydroxyl groups is 2. The second-order valence-corrected chi connectivity index (χ2v) is 9.78. The number of ether oxygens (including phenoxy) is 2. The van der Waals surface area contributed by atoms with Crippen molar-refractivity contribution >= 4 is 23.4 Å². The minimum Gasteiger partial charge on any atom is -0.443 e. The molecule has 1 aliphatic heterocycles. The fraction of sp³-hybridized carbons (Fsp3) is 0.304. The fourth-order valence-corrected chi connectivity index (χ4v) is 5.63. The molecule has 200 valence electrons. The van der Waals surface area contributed by atoms with Gasteiger partial charge in [-0.05, 0) is 18.2 Å². The first kappa shape index (κ1) is 26.6. The highest BCUT2D eigenvalue weighted by Gasteiger charge is 2.47. The average Bonchev–Trinajstić information content (AvgIpc) is 3.60. The number of hydrogen-bond donors (Lipinski definition) is 2. The molecule has 10 nitrogen and oxygen atoms in total. The number of hydrogen-bond acceptors (Lipinski definition) is 10. The molecule has 0 amide bonds. The Morgan fingerprint density at radius 3 is 2.61 bits per heavy atom. The van der Waals surface area contributed by atoms with E-state index in [9.17, 15) is 23.4 Å². The van der Waals surface area contributed by atoms with E-state index in [0.717, 1.165) is 23.9 Å². The molecule has 4 heterocycles. The van der Waals surface area contributed by atoms with E-state index in [-0.39, 0.29) is 17.1 Å². The summed E-state index contributed by atoms with van der Waals surface area (Å²) in [6.45, 7) is -0.540. The molecule has 3 aromatic heterocycles. The van der Waals surface area contributed by atoms with E-state index in [4.69, 9.17) is 25.5 Å². The van der Waals surface area contributed by atoms with Crippen molar-refractivity contribution in [3.63, 3.8) is 0 Å². The highest BCUT2D eigenvalue weighted by Crippen LogP contribution is 2.42. The predicted octanol–water partition coefficient (Wildman–Crippen LogP) is 3.49. The Morgan fingerprint density at radius 1 is 1.18 bits per heavy atom. The molecule has 2 N–H and O–H groups in total. The molecule has 38 heavy (non-hydrogen) atoms. The Balaban J connectivity index is 1.50. The highest BCUT2D eigenvalue weighted by atomic mass is 35.5. The van der Waals surface area contributed by atoms with Gasteiger partial charge in [-0.15, -0.1) is 5.10 Å². The molecule has 4 aromatic rings. The number of methoxy groups -OCH3 is 1. The normalized spacial score (nSPS) is 23.6. The van der Waals surface area contributed by atoms with Crippen molar-refractivity contribution in [2.24, 2.45) is 0 Å². The number of halogens is 4. The van der Waals surface area contributed by atoms with Crippen LogP contribution in [0.1, 0.15) is 6.04 Å². The van der Waals surface area contributed by atoms with Crippen molar-refractivity contribution in [2.45, 2.75) is 34.7 Å². The summed E-state index contributed by atoms with van der Waals surface area (Å²) in [7, 11) is 1.40. The third-order valence-electron chi connectivity index (χ3n) is 5.89. The first-order valence-electron chi connectivity index (χ1n) is 11.1. The van der Waals surface area contributed by atoms with E-state index in [1.807, 2.05) is 0 Å². The highest BCUT2D eigenvalue weighted by molar-refractivity contribution is 8.00. The molecular weight excluding hydrogens is 551 g/mol. The zero-order valence-corrected chi connectivity index (χ0v) is 21.0. The van der Waals surface area contributed by atoms with E-state index >= 15 is 0 Å². The van der Waals surface area contributed by atoms with Crippen LogP contribution in [0.3, 0.4) is 0 Å². The van der Waals surface area contributed by atoms with Crippen molar-refractivity contribution in [1.29, 1.82) is 0 Å². The van der Waals surface area contributed by atoms with Gasteiger partial charge in [-0.2, -0.15) is 0 Å². The number of aromatic nitrogens is 5. The smallest absolute Gasteiger partial charge is 0.246 e. The number of thioether (sulfide) groups is 1. The fourth-order valence-electron chi connectivity index (χ4n) is 4.10. The van der Waals surface area contributed by atoms with Crippen molar-refractivity contribution in [1.82, 2.24) is 25.0 Å². The number of benzene rings is 1. The van der Waals surface area contributed by atoms with Crippen LogP contribution in [0.25, 0.3) is 22.8 Å². The van der Waals surface area contributed by atoms with Crippen LogP contribution in [0.4, 0.5) is 13.2 Å². The van der Waals surface area contributed by atoms with Crippen LogP contribution in [0, 0.1) is 17.5 Å². The molecule has 0 radical (unpaired) electrons. The average molecular weight is 570 g/mol. The first-order chi connectivity index (χ1) is 18.3. The Kier molecular flexibility index (Phi) is 7.70. The molecule has 0 saturated carbocycles. The maximum atomic E-state index is 13.8. The van der Waals surface area contributed by atoms with Gasteiger partial charge in [0.1, 0.15) is 47.4 Å². The van der Waals surface area contributed by atoms with Gasteiger partial charge < -0.3 is 24.1 Å². The molecular formula is C23H19ClF3N5O5S. The molecule has 0 aliphatic carbocycles. The second kappa shape index (κ2) is 11.0. The summed E-state index contributed by atoms with van der Waals surface area (Å²) in [6.07, 6.45) is 2.35. The Morgan fingerprint density at radius 2 is 1.95 bits per heavy atom. The van der Waals surface area contributed by atoms with Crippen LogP contribution >= 0.6 is 23.4 Å². The molecule has 5 unspecified atom stereocenters. The Bertz CT molecular complexity index is 1410. The zero-order chi connectivity index (χ0) is 27.0. The lowest BCUT2D eigenvalue weighted by atomic mass is 9.97. The van der Waals surface area contributed by atoms with E-state index < -0.39 is 53.8 Å². The first-order valence-corrected chi connectivity index (χ1v) is 12.3. The summed E-state index contributed by atoms with van der Waals surface area (Å²) in [5.41, 5.74) is -0.498. The van der Waals surface area contributed by atoms with Gasteiger partial charge >= 0.3 is 0 Å². The van der Waals surface area contributed by atoms with E-state index in [0.29, 0.717) is 15.6 Å². The molecule has 5 atom stereocenters. The third-order valence-corrected chi connectivity index (χ3v) is 7.27. The van der Waals surface area contributed by atoms with Gasteiger partial charge in [0.05, 0.1) is 24.0 Å². The molecule has 1 saturated heterocycles. The number of pyridine rings is 1. The van der Waals surface area contributed by atoms with Crippen LogP contribution in [0.15, 0.2) is 52.4 Å². The molecule has 1 aromatic carbocycles. The lowest BCUT2D eigenvalue weighted by molar-refractivity contribution is -0.186. The van der Waals surface area contributed by atoms with Crippen LogP contribution in [0.5, 0.6) is 0 Å². The van der Waals surface area contributed by atoms with Gasteiger partial charge in [-0.25, -0.2) is 27.8 Å². The molecule has 1 fully saturated rings. The molecule has 0 spiro atoms. The van der Waals surface area contributed by atoms with Crippen LogP contribution in [-0.2, 0) is 9.47 Å². The molecule has 1 aliphatic rings. The van der Waals surface area contributed by atoms with Crippen molar-refractivity contribution in [3.8, 4) is 22.8 Å². The maximum Gasteiger partial charge on any atom is 0.246 e. The SMILES string of the molecule is COC1C(Sc2cc(Cl)cnc2-c2ncco2)OC(CO)C(O)C1n1cc(-c2cc(F)c(F)c(F)c2)nn1. The standard InChI is InChI=1S/C23H19ClF3N5O5S/c1-35-21-19(32-8-14(30-31-32)10-4-12(25)17(27)13(26)5-10)20(34)15(9-33)37-23(21)38-16-6-11(24)7-29-18(16)22-28-2-3-36-22/h2-8,15,19-21,23,33-34H,9H2,1H3. The number of rotatable bonds is 7. The quantitative estimate of drug-likeness (QED) is 0.319. The summed E-state index contributed by atoms with van der Waals surface area (Å²) in [6, 6.07) is 2.24. The summed E-state index contributed by atoms with van der Waals surface area (Å²) >= 11 is 7.33. The van der Waals surface area contributed by atoms with Crippen LogP contribution < -0.4 is 0 Å². The lowest BCUT2D eigenvalue weighted by Crippen LogP contribution is -2.55. The summed E-state index contributed by atoms with van der Waals surface area (Å²) < 4.78 is 59.3. The van der Waals surface area contributed by atoms with Crippen molar-refractivity contribution in [3.05, 3.63) is 65.5 Å². The van der Waals surface area contributed by atoms with Gasteiger partial charge in [-0.3, -0.25) is 0 Å². The summed E-state index contributed by atoms with van der Waals surface area (Å²) in [5.74, 6) is -4.14. The van der Waals surface area contributed by atoms with Gasteiger partial charge in [0.2, 0.25) is 5.89 Å². The molecule has 0 bridgehead atoms.